The molecule has 10 heteroatoms. The Balaban J connectivity index is 1.74. The Labute approximate surface area is 158 Å². The molecule has 2 aromatic heterocycles. The van der Waals surface area contributed by atoms with E-state index in [1.807, 2.05) is 11.3 Å². The quantitative estimate of drug-likeness (QED) is 0.719. The molecule has 2 unspecified atom stereocenters. The summed E-state index contributed by atoms with van der Waals surface area (Å²) in [5, 5.41) is 25.8. The van der Waals surface area contributed by atoms with Crippen molar-refractivity contribution in [3.8, 4) is 0 Å². The number of methoxy groups -OCH3 is 1. The number of aromatic nitrogens is 2. The second kappa shape index (κ2) is 6.56. The van der Waals surface area contributed by atoms with Crippen LogP contribution in [0.4, 0.5) is 10.5 Å². The van der Waals surface area contributed by atoms with Crippen molar-refractivity contribution in [3.05, 3.63) is 52.9 Å². The average Bonchev–Trinajstić information content (AvgIpc) is 3.38. The van der Waals surface area contributed by atoms with Gasteiger partial charge in [-0.2, -0.15) is 0 Å². The molecule has 2 atom stereocenters. The Morgan fingerprint density at radius 2 is 2.15 bits per heavy atom. The first-order valence-corrected chi connectivity index (χ1v) is 8.88. The van der Waals surface area contributed by atoms with Gasteiger partial charge in [-0.15, -0.1) is 21.6 Å². The lowest BCUT2D eigenvalue weighted by molar-refractivity contribution is 0.116. The molecule has 3 heterocycles. The lowest BCUT2D eigenvalue weighted by Gasteiger charge is -2.28. The number of amides is 1. The summed E-state index contributed by atoms with van der Waals surface area (Å²) in [7, 11) is 1.30. The first-order valence-electron chi connectivity index (χ1n) is 8.06. The van der Waals surface area contributed by atoms with Crippen molar-refractivity contribution in [2.24, 2.45) is 15.4 Å². The third kappa shape index (κ3) is 2.78. The summed E-state index contributed by atoms with van der Waals surface area (Å²) in [6.45, 7) is 1.94. The molecule has 1 aromatic carbocycles. The minimum absolute atomic E-state index is 0.559. The molecule has 0 aliphatic carbocycles. The first kappa shape index (κ1) is 17.3. The van der Waals surface area contributed by atoms with Crippen molar-refractivity contribution >= 4 is 34.2 Å². The molecule has 0 spiro atoms. The predicted octanol–water partition coefficient (Wildman–Crippen LogP) is 3.26. The van der Waals surface area contributed by atoms with Crippen LogP contribution >= 0.6 is 11.3 Å². The topological polar surface area (TPSA) is 113 Å². The van der Waals surface area contributed by atoms with Crippen molar-refractivity contribution in [1.29, 1.82) is 0 Å². The third-order valence-corrected chi connectivity index (χ3v) is 5.48. The van der Waals surface area contributed by atoms with Crippen molar-refractivity contribution in [3.63, 3.8) is 0 Å². The van der Waals surface area contributed by atoms with Crippen LogP contribution in [0, 0.1) is 6.92 Å². The van der Waals surface area contributed by atoms with Crippen molar-refractivity contribution in [1.82, 2.24) is 9.38 Å². The van der Waals surface area contributed by atoms with Crippen molar-refractivity contribution in [2.75, 3.05) is 12.4 Å². The number of aryl methyl sites for hydroxylation is 1. The van der Waals surface area contributed by atoms with E-state index in [1.165, 1.54) is 13.3 Å². The first-order chi connectivity index (χ1) is 13.0. The molecule has 0 radical (unpaired) electrons. The summed E-state index contributed by atoms with van der Waals surface area (Å²) in [6.07, 6.45) is 3.36. The molecule has 4 rings (SSSR count). The Hall–Kier alpha value is -3.11. The molecule has 1 aliphatic heterocycles. The normalized spacial score (nSPS) is 19.5. The van der Waals surface area contributed by atoms with Gasteiger partial charge in [0.25, 0.3) is 0 Å². The number of carbonyl (C=O) groups excluding carboxylic acids is 1. The number of aliphatic hydroxyl groups excluding tert-OH is 1. The number of hydrogen-bond acceptors (Lipinski definition) is 8. The van der Waals surface area contributed by atoms with E-state index in [-0.39, 0.29) is 0 Å². The van der Waals surface area contributed by atoms with E-state index in [9.17, 15) is 9.90 Å². The molecular weight excluding hydrogens is 368 g/mol. The number of imidazole rings is 1. The molecule has 2 N–H and O–H groups in total. The highest BCUT2D eigenvalue weighted by Crippen LogP contribution is 2.43. The average molecular weight is 384 g/mol. The molecule has 0 fully saturated rings. The predicted molar refractivity (Wildman–Crippen MR) is 100 cm³/mol. The van der Waals surface area contributed by atoms with Crippen molar-refractivity contribution < 1.29 is 14.6 Å². The number of benzene rings is 1. The van der Waals surface area contributed by atoms with Crippen LogP contribution in [-0.2, 0) is 10.3 Å². The fraction of sp³-hybridized carbons (Fsp3) is 0.235. The number of thiazole rings is 1. The molecule has 0 bridgehead atoms. The van der Waals surface area contributed by atoms with Gasteiger partial charge in [0.15, 0.2) is 5.54 Å². The summed E-state index contributed by atoms with van der Waals surface area (Å²) in [5.41, 5.74) is 0.781. The van der Waals surface area contributed by atoms with Crippen LogP contribution in [-0.4, -0.2) is 33.9 Å². The zero-order chi connectivity index (χ0) is 19.0. The van der Waals surface area contributed by atoms with Gasteiger partial charge in [0.2, 0.25) is 0 Å². The van der Waals surface area contributed by atoms with E-state index in [2.05, 4.69) is 30.5 Å². The molecule has 138 valence electrons. The Morgan fingerprint density at radius 1 is 1.37 bits per heavy atom. The fourth-order valence-corrected chi connectivity index (χ4v) is 4.08. The van der Waals surface area contributed by atoms with Crippen molar-refractivity contribution in [2.45, 2.75) is 18.6 Å². The van der Waals surface area contributed by atoms with E-state index in [0.29, 0.717) is 16.9 Å². The highest BCUT2D eigenvalue weighted by Gasteiger charge is 2.44. The highest BCUT2D eigenvalue weighted by molar-refractivity contribution is 7.17. The number of fused-ring (bicyclic) bond motifs is 1. The molecular formula is C17H16N6O3S. The zero-order valence-corrected chi connectivity index (χ0v) is 15.3. The van der Waals surface area contributed by atoms with Crippen LogP contribution in [0.3, 0.4) is 0 Å². The van der Waals surface area contributed by atoms with Crippen LogP contribution in [0.2, 0.25) is 0 Å². The second-order valence-corrected chi connectivity index (χ2v) is 7.24. The van der Waals surface area contributed by atoms with Gasteiger partial charge in [-0.25, -0.2) is 9.78 Å². The molecule has 1 amide bonds. The third-order valence-electron chi connectivity index (χ3n) is 4.45. The van der Waals surface area contributed by atoms with E-state index >= 15 is 0 Å². The van der Waals surface area contributed by atoms with Gasteiger partial charge in [-0.1, -0.05) is 12.1 Å². The van der Waals surface area contributed by atoms with Gasteiger partial charge in [-0.3, -0.25) is 9.72 Å². The van der Waals surface area contributed by atoms with E-state index in [4.69, 9.17) is 0 Å². The Kier molecular flexibility index (Phi) is 4.21. The molecule has 3 aromatic rings. The number of anilines is 1. The van der Waals surface area contributed by atoms with Crippen LogP contribution in [0.1, 0.15) is 22.2 Å². The molecule has 1 aliphatic rings. The van der Waals surface area contributed by atoms with Crippen LogP contribution in [0.15, 0.2) is 52.2 Å². The van der Waals surface area contributed by atoms with E-state index in [1.54, 1.807) is 48.1 Å². The highest BCUT2D eigenvalue weighted by atomic mass is 32.1. The van der Waals surface area contributed by atoms with Gasteiger partial charge >= 0.3 is 6.09 Å². The summed E-state index contributed by atoms with van der Waals surface area (Å²) < 4.78 is 6.43. The Bertz CT molecular complexity index is 1040. The maximum absolute atomic E-state index is 11.3. The van der Waals surface area contributed by atoms with E-state index in [0.717, 1.165) is 9.71 Å². The molecule has 0 saturated carbocycles. The number of aliphatic hydroxyl groups is 1. The maximum Gasteiger partial charge on any atom is 0.411 e. The maximum atomic E-state index is 11.3. The SMILES string of the molecule is COC(=O)Nc1ccc(C2(C(O)c3c(C)sc4cncn34)C=NN=N2)cc1. The number of nitrogens with one attached hydrogen (secondary N) is 1. The van der Waals surface area contributed by atoms with Gasteiger partial charge in [0, 0.05) is 10.6 Å². The zero-order valence-electron chi connectivity index (χ0n) is 14.5. The standard InChI is InChI=1S/C17H16N6O3S/c1-10-14(23-9-18-7-13(23)27-10)15(24)17(8-19-22-21-17)11-3-5-12(6-4-11)20-16(25)26-2/h3-9,15,24H,1-2H3,(H,20,25). The number of nitrogens with zero attached hydrogens (tertiary/aromatic N) is 5. The van der Waals surface area contributed by atoms with Crippen LogP contribution in [0.5, 0.6) is 0 Å². The minimum Gasteiger partial charge on any atom is -0.453 e. The summed E-state index contributed by atoms with van der Waals surface area (Å²) >= 11 is 1.54. The fourth-order valence-electron chi connectivity index (χ4n) is 3.10. The van der Waals surface area contributed by atoms with Gasteiger partial charge in [0.1, 0.15) is 17.3 Å². The largest absolute Gasteiger partial charge is 0.453 e. The van der Waals surface area contributed by atoms with E-state index < -0.39 is 17.7 Å². The van der Waals surface area contributed by atoms with Gasteiger partial charge in [0.05, 0.1) is 25.2 Å². The summed E-state index contributed by atoms with van der Waals surface area (Å²) in [5.74, 6) is 0. The minimum atomic E-state index is -1.16. The summed E-state index contributed by atoms with van der Waals surface area (Å²) in [6, 6.07) is 6.93. The molecule has 27 heavy (non-hydrogen) atoms. The molecule has 9 nitrogen and oxygen atoms in total. The summed E-state index contributed by atoms with van der Waals surface area (Å²) in [4.78, 5) is 17.4. The van der Waals surface area contributed by atoms with Gasteiger partial charge in [-0.05, 0) is 29.8 Å². The van der Waals surface area contributed by atoms with Crippen LogP contribution in [0.25, 0.3) is 4.83 Å². The number of carbonyl (C=O) groups is 1. The lowest BCUT2D eigenvalue weighted by atomic mass is 9.84. The number of ether oxygens (including phenoxy) is 1. The second-order valence-electron chi connectivity index (χ2n) is 6.00. The molecule has 0 saturated heterocycles. The Morgan fingerprint density at radius 3 is 2.81 bits per heavy atom. The smallest absolute Gasteiger partial charge is 0.411 e. The van der Waals surface area contributed by atoms with Gasteiger partial charge < -0.3 is 9.84 Å². The monoisotopic (exact) mass is 384 g/mol. The number of rotatable bonds is 4. The number of hydrogen-bond donors (Lipinski definition) is 2. The lowest BCUT2D eigenvalue weighted by Crippen LogP contribution is -2.33. The van der Waals surface area contributed by atoms with Crippen LogP contribution < -0.4 is 5.32 Å².